The van der Waals surface area contributed by atoms with Gasteiger partial charge in [-0.25, -0.2) is 9.59 Å². The van der Waals surface area contributed by atoms with Crippen molar-refractivity contribution in [3.8, 4) is 0 Å². The molecule has 1 rings (SSSR count). The molecule has 4 nitrogen and oxygen atoms in total. The van der Waals surface area contributed by atoms with Crippen LogP contribution in [0.5, 0.6) is 0 Å². The average molecular weight is 257 g/mol. The highest BCUT2D eigenvalue weighted by atomic mass is 35.5. The first-order chi connectivity index (χ1) is 7.97. The Bertz CT molecular complexity index is 419. The predicted octanol–water partition coefficient (Wildman–Crippen LogP) is 2.56. The number of hydrogen-bond acceptors (Lipinski definition) is 2. The van der Waals surface area contributed by atoms with E-state index >= 15 is 0 Å². The third kappa shape index (κ3) is 3.20. The lowest BCUT2D eigenvalue weighted by atomic mass is 9.94. The van der Waals surface area contributed by atoms with Crippen LogP contribution in [0.4, 0.5) is 0 Å². The highest BCUT2D eigenvalue weighted by Gasteiger charge is 2.18. The number of carboxylic acid groups (broad SMARTS) is 2. The number of rotatable bonds is 5. The van der Waals surface area contributed by atoms with E-state index in [1.165, 1.54) is 12.1 Å². The Balaban J connectivity index is 3.36. The van der Waals surface area contributed by atoms with Crippen LogP contribution in [-0.2, 0) is 6.42 Å². The largest absolute Gasteiger partial charge is 0.478 e. The highest BCUT2D eigenvalue weighted by Crippen LogP contribution is 2.20. The molecule has 0 aromatic heterocycles. The minimum atomic E-state index is -1.11. The second kappa shape index (κ2) is 5.68. The lowest BCUT2D eigenvalue weighted by Gasteiger charge is -2.10. The molecular weight excluding hydrogens is 244 g/mol. The van der Waals surface area contributed by atoms with E-state index in [2.05, 4.69) is 0 Å². The van der Waals surface area contributed by atoms with E-state index in [4.69, 9.17) is 21.8 Å². The van der Waals surface area contributed by atoms with Crippen molar-refractivity contribution in [2.24, 2.45) is 0 Å². The van der Waals surface area contributed by atoms with E-state index in [9.17, 15) is 9.59 Å². The molecular formula is C12H13ClO4. The first-order valence-electron chi connectivity index (χ1n) is 5.13. The topological polar surface area (TPSA) is 74.6 Å². The molecule has 0 spiro atoms. The van der Waals surface area contributed by atoms with Gasteiger partial charge in [-0.05, 0) is 43.0 Å². The molecule has 0 aliphatic rings. The van der Waals surface area contributed by atoms with Gasteiger partial charge in [0.2, 0.25) is 0 Å². The molecule has 2 N–H and O–H groups in total. The Kier molecular flexibility index (Phi) is 4.52. The molecule has 0 aliphatic carbocycles. The van der Waals surface area contributed by atoms with Gasteiger partial charge in [0, 0.05) is 5.88 Å². The minimum absolute atomic E-state index is 0.0486. The summed E-state index contributed by atoms with van der Waals surface area (Å²) in [6, 6.07) is 2.97. The summed E-state index contributed by atoms with van der Waals surface area (Å²) in [5.41, 5.74) is 1.06. The van der Waals surface area contributed by atoms with E-state index in [1.807, 2.05) is 0 Å². The van der Waals surface area contributed by atoms with Gasteiger partial charge >= 0.3 is 11.9 Å². The number of alkyl halides is 1. The summed E-state index contributed by atoms with van der Waals surface area (Å²) in [6.07, 6.45) is 0.901. The molecule has 0 radical (unpaired) electrons. The van der Waals surface area contributed by atoms with Crippen LogP contribution in [0.3, 0.4) is 0 Å². The molecule has 1 aromatic carbocycles. The number of carbonyl (C=O) groups is 2. The van der Waals surface area contributed by atoms with Gasteiger partial charge in [0.05, 0.1) is 11.1 Å². The molecule has 92 valence electrons. The zero-order valence-corrected chi connectivity index (χ0v) is 10.1. The first-order valence-corrected chi connectivity index (χ1v) is 5.67. The fourth-order valence-corrected chi connectivity index (χ4v) is 1.84. The Labute approximate surface area is 104 Å². The Morgan fingerprint density at radius 1 is 1.18 bits per heavy atom. The Morgan fingerprint density at radius 2 is 1.65 bits per heavy atom. The van der Waals surface area contributed by atoms with Gasteiger partial charge in [-0.1, -0.05) is 0 Å². The number of halogens is 1. The molecule has 0 aliphatic heterocycles. The average Bonchev–Trinajstić information content (AvgIpc) is 2.26. The molecule has 0 heterocycles. The number of aryl methyl sites for hydroxylation is 1. The second-order valence-electron chi connectivity index (χ2n) is 3.74. The first kappa shape index (κ1) is 13.5. The molecule has 1 aromatic rings. The Hall–Kier alpha value is -1.55. The smallest absolute Gasteiger partial charge is 0.335 e. The molecule has 5 heteroatoms. The van der Waals surface area contributed by atoms with Crippen LogP contribution in [0.1, 0.15) is 38.3 Å². The SMILES string of the molecule is Cc1cc(C(=O)O)c(CCCCl)c(C(=O)O)c1. The van der Waals surface area contributed by atoms with Crippen molar-refractivity contribution in [3.05, 3.63) is 34.4 Å². The van der Waals surface area contributed by atoms with Crippen LogP contribution >= 0.6 is 11.6 Å². The van der Waals surface area contributed by atoms with Gasteiger partial charge < -0.3 is 10.2 Å². The molecule has 17 heavy (non-hydrogen) atoms. The summed E-state index contributed by atoms with van der Waals surface area (Å²) in [7, 11) is 0. The van der Waals surface area contributed by atoms with Crippen molar-refractivity contribution in [2.75, 3.05) is 5.88 Å². The molecule has 0 saturated heterocycles. The standard InChI is InChI=1S/C12H13ClO4/c1-7-5-9(11(14)15)8(3-2-4-13)10(6-7)12(16)17/h5-6H,2-4H2,1H3,(H,14,15)(H,16,17). The fourth-order valence-electron chi connectivity index (χ4n) is 1.71. The predicted molar refractivity (Wildman–Crippen MR) is 64.1 cm³/mol. The summed E-state index contributed by atoms with van der Waals surface area (Å²) in [4.78, 5) is 22.2. The van der Waals surface area contributed by atoms with Crippen molar-refractivity contribution in [3.63, 3.8) is 0 Å². The van der Waals surface area contributed by atoms with Gasteiger partial charge in [-0.3, -0.25) is 0 Å². The molecule has 0 bridgehead atoms. The number of benzene rings is 1. The van der Waals surface area contributed by atoms with Gasteiger partial charge in [0.25, 0.3) is 0 Å². The summed E-state index contributed by atoms with van der Waals surface area (Å²) >= 11 is 5.55. The zero-order valence-electron chi connectivity index (χ0n) is 9.36. The number of carboxylic acids is 2. The zero-order chi connectivity index (χ0) is 13.0. The summed E-state index contributed by atoms with van der Waals surface area (Å²) in [5, 5.41) is 18.1. The maximum atomic E-state index is 11.1. The fraction of sp³-hybridized carbons (Fsp3) is 0.333. The summed E-state index contributed by atoms with van der Waals surface area (Å²) < 4.78 is 0. The third-order valence-corrected chi connectivity index (χ3v) is 2.68. The molecule has 0 unspecified atom stereocenters. The Morgan fingerprint density at radius 3 is 2.00 bits per heavy atom. The van der Waals surface area contributed by atoms with E-state index in [1.54, 1.807) is 6.92 Å². The van der Waals surface area contributed by atoms with E-state index in [-0.39, 0.29) is 11.1 Å². The monoisotopic (exact) mass is 256 g/mol. The van der Waals surface area contributed by atoms with E-state index < -0.39 is 11.9 Å². The van der Waals surface area contributed by atoms with E-state index in [0.717, 1.165) is 0 Å². The summed E-state index contributed by atoms with van der Waals surface area (Å²) in [5.74, 6) is -1.85. The maximum Gasteiger partial charge on any atom is 0.335 e. The quantitative estimate of drug-likeness (QED) is 0.794. The highest BCUT2D eigenvalue weighted by molar-refractivity contribution is 6.17. The van der Waals surface area contributed by atoms with Gasteiger partial charge in [0.15, 0.2) is 0 Å². The number of aromatic carboxylic acids is 2. The van der Waals surface area contributed by atoms with Crippen LogP contribution in [-0.4, -0.2) is 28.0 Å². The molecule has 0 fully saturated rings. The van der Waals surface area contributed by atoms with Crippen LogP contribution in [0.2, 0.25) is 0 Å². The van der Waals surface area contributed by atoms with Crippen LogP contribution in [0.25, 0.3) is 0 Å². The normalized spacial score (nSPS) is 10.2. The van der Waals surface area contributed by atoms with Gasteiger partial charge in [0.1, 0.15) is 0 Å². The van der Waals surface area contributed by atoms with Crippen molar-refractivity contribution in [1.29, 1.82) is 0 Å². The van der Waals surface area contributed by atoms with Gasteiger partial charge in [-0.2, -0.15) is 0 Å². The van der Waals surface area contributed by atoms with Crippen molar-refractivity contribution < 1.29 is 19.8 Å². The molecule has 0 atom stereocenters. The van der Waals surface area contributed by atoms with Crippen LogP contribution in [0, 0.1) is 6.92 Å². The van der Waals surface area contributed by atoms with E-state index in [0.29, 0.717) is 29.8 Å². The van der Waals surface area contributed by atoms with Crippen LogP contribution in [0.15, 0.2) is 12.1 Å². The third-order valence-electron chi connectivity index (χ3n) is 2.42. The second-order valence-corrected chi connectivity index (χ2v) is 4.12. The lowest BCUT2D eigenvalue weighted by Crippen LogP contribution is -2.11. The lowest BCUT2D eigenvalue weighted by molar-refractivity contribution is 0.0695. The molecule has 0 saturated carbocycles. The van der Waals surface area contributed by atoms with Crippen molar-refractivity contribution in [2.45, 2.75) is 19.8 Å². The minimum Gasteiger partial charge on any atom is -0.478 e. The van der Waals surface area contributed by atoms with Gasteiger partial charge in [-0.15, -0.1) is 11.6 Å². The van der Waals surface area contributed by atoms with Crippen molar-refractivity contribution in [1.82, 2.24) is 0 Å². The number of hydrogen-bond donors (Lipinski definition) is 2. The summed E-state index contributed by atoms with van der Waals surface area (Å²) in [6.45, 7) is 1.67. The maximum absolute atomic E-state index is 11.1. The molecule has 0 amide bonds. The van der Waals surface area contributed by atoms with Crippen molar-refractivity contribution >= 4 is 23.5 Å². The van der Waals surface area contributed by atoms with Crippen LogP contribution < -0.4 is 0 Å².